The molecule has 0 saturated heterocycles. The average molecular weight is 541 g/mol. The number of nitrogen functional groups attached to an aromatic ring is 1. The standard InChI is InChI=1S/C21H24N4O11S/c22-18-23-10(8-37-18)6-11(26)24-13-16(29)14(27)12(15(28)17(13)30)20(33,34)21(35,36)25-19(31,32)7-9-4-2-1-3-5-9/h1-5,8,25,27-36H,6-7H2,(H2,22,23)(H,24,26). The smallest absolute Gasteiger partial charge is 0.288 e. The molecule has 0 fully saturated rings. The van der Waals surface area contributed by atoms with Gasteiger partial charge in [0.05, 0.1) is 12.1 Å². The molecule has 3 aromatic rings. The topological polar surface area (TPSA) is 282 Å². The van der Waals surface area contributed by atoms with E-state index in [1.54, 1.807) is 6.07 Å². The van der Waals surface area contributed by atoms with Crippen LogP contribution in [0.4, 0.5) is 10.8 Å². The Morgan fingerprint density at radius 2 is 1.49 bits per heavy atom. The van der Waals surface area contributed by atoms with E-state index in [9.17, 15) is 55.9 Å². The summed E-state index contributed by atoms with van der Waals surface area (Å²) in [7, 11) is 0. The van der Waals surface area contributed by atoms with Gasteiger partial charge in [-0.25, -0.2) is 10.3 Å². The highest BCUT2D eigenvalue weighted by molar-refractivity contribution is 7.13. The Hall–Kier alpha value is -3.74. The highest BCUT2D eigenvalue weighted by atomic mass is 32.1. The average Bonchev–Trinajstić information content (AvgIpc) is 3.19. The Labute approximate surface area is 211 Å². The van der Waals surface area contributed by atoms with Crippen molar-refractivity contribution >= 4 is 28.1 Å². The first kappa shape index (κ1) is 27.8. The van der Waals surface area contributed by atoms with E-state index in [2.05, 4.69) is 4.98 Å². The van der Waals surface area contributed by atoms with E-state index in [-0.39, 0.29) is 16.4 Å². The lowest BCUT2D eigenvalue weighted by Crippen LogP contribution is -2.68. The number of aromatic nitrogens is 1. The van der Waals surface area contributed by atoms with Crippen LogP contribution in [-0.4, -0.2) is 73.8 Å². The molecule has 1 amide bonds. The molecular formula is C21H24N4O11S. The van der Waals surface area contributed by atoms with E-state index < -0.39 is 70.6 Å². The van der Waals surface area contributed by atoms with Crippen LogP contribution in [0.25, 0.3) is 0 Å². The number of carbonyl (C=O) groups excluding carboxylic acids is 1. The van der Waals surface area contributed by atoms with Crippen LogP contribution >= 0.6 is 11.3 Å². The second-order valence-electron chi connectivity index (χ2n) is 7.99. The van der Waals surface area contributed by atoms with Gasteiger partial charge in [-0.1, -0.05) is 30.3 Å². The van der Waals surface area contributed by atoms with E-state index >= 15 is 0 Å². The van der Waals surface area contributed by atoms with Crippen molar-refractivity contribution in [3.8, 4) is 23.0 Å². The maximum atomic E-state index is 12.2. The van der Waals surface area contributed by atoms with Gasteiger partial charge in [-0.05, 0) is 5.56 Å². The molecule has 0 aliphatic carbocycles. The fourth-order valence-electron chi connectivity index (χ4n) is 3.36. The van der Waals surface area contributed by atoms with Crippen molar-refractivity contribution in [3.05, 3.63) is 52.5 Å². The van der Waals surface area contributed by atoms with Crippen molar-refractivity contribution in [2.24, 2.45) is 0 Å². The number of hydrogen-bond acceptors (Lipinski definition) is 15. The molecule has 0 atom stereocenters. The number of carbonyl (C=O) groups is 1. The Kier molecular flexibility index (Phi) is 7.49. The largest absolute Gasteiger partial charge is 0.504 e. The molecule has 0 unspecified atom stereocenters. The van der Waals surface area contributed by atoms with Gasteiger partial charge in [0.2, 0.25) is 11.8 Å². The second-order valence-corrected chi connectivity index (χ2v) is 8.88. The summed E-state index contributed by atoms with van der Waals surface area (Å²) in [6.07, 6.45) is -1.12. The van der Waals surface area contributed by atoms with Crippen molar-refractivity contribution in [1.82, 2.24) is 10.3 Å². The summed E-state index contributed by atoms with van der Waals surface area (Å²) in [4.78, 5) is 16.1. The Balaban J connectivity index is 1.91. The van der Waals surface area contributed by atoms with E-state index in [1.165, 1.54) is 35.0 Å². The number of phenols is 4. The zero-order valence-corrected chi connectivity index (χ0v) is 19.5. The number of hydrogen-bond donors (Lipinski definition) is 13. The van der Waals surface area contributed by atoms with Crippen LogP contribution in [0.1, 0.15) is 16.8 Å². The van der Waals surface area contributed by atoms with Crippen molar-refractivity contribution in [3.63, 3.8) is 0 Å². The number of nitrogens with zero attached hydrogens (tertiary/aromatic N) is 1. The van der Waals surface area contributed by atoms with Crippen LogP contribution in [0, 0.1) is 0 Å². The number of nitrogens with two attached hydrogens (primary N) is 1. The monoisotopic (exact) mass is 540 g/mol. The number of amides is 1. The lowest BCUT2D eigenvalue weighted by molar-refractivity contribution is -0.407. The summed E-state index contributed by atoms with van der Waals surface area (Å²) in [5.41, 5.74) is 3.31. The number of anilines is 2. The summed E-state index contributed by atoms with van der Waals surface area (Å²) >= 11 is 1.04. The fourth-order valence-corrected chi connectivity index (χ4v) is 3.93. The van der Waals surface area contributed by atoms with Crippen LogP contribution in [0.5, 0.6) is 23.0 Å². The second kappa shape index (κ2) is 9.96. The van der Waals surface area contributed by atoms with Crippen LogP contribution in [-0.2, 0) is 23.4 Å². The summed E-state index contributed by atoms with van der Waals surface area (Å²) in [6, 6.07) is 7.57. The summed E-state index contributed by atoms with van der Waals surface area (Å²) in [5, 5.41) is 108. The van der Waals surface area contributed by atoms with Gasteiger partial charge >= 0.3 is 0 Å². The molecular weight excluding hydrogens is 516 g/mol. The van der Waals surface area contributed by atoms with Crippen molar-refractivity contribution < 1.29 is 55.9 Å². The third kappa shape index (κ3) is 5.82. The van der Waals surface area contributed by atoms with Crippen LogP contribution in [0.15, 0.2) is 35.7 Å². The third-order valence-corrected chi connectivity index (χ3v) is 5.80. The normalized spacial score (nSPS) is 12.5. The van der Waals surface area contributed by atoms with Crippen LogP contribution in [0.3, 0.4) is 0 Å². The fraction of sp³-hybridized carbons (Fsp3) is 0.238. The number of phenolic OH excluding ortho intramolecular Hbond substituents is 4. The molecule has 15 nitrogen and oxygen atoms in total. The summed E-state index contributed by atoms with van der Waals surface area (Å²) in [5.74, 6) is -18.5. The lowest BCUT2D eigenvalue weighted by atomic mass is 9.96. The zero-order valence-electron chi connectivity index (χ0n) is 18.7. The van der Waals surface area contributed by atoms with Gasteiger partial charge in [-0.2, -0.15) is 0 Å². The number of aliphatic hydroxyl groups is 6. The van der Waals surface area contributed by atoms with E-state index in [0.29, 0.717) is 0 Å². The van der Waals surface area contributed by atoms with Gasteiger partial charge < -0.3 is 62.1 Å². The molecule has 0 spiro atoms. The molecule has 1 aromatic heterocycles. The number of nitrogens with one attached hydrogen (secondary N) is 2. The Bertz CT molecular complexity index is 1270. The molecule has 0 bridgehead atoms. The molecule has 14 N–H and O–H groups in total. The number of benzene rings is 2. The Morgan fingerprint density at radius 1 is 0.919 bits per heavy atom. The van der Waals surface area contributed by atoms with Crippen LogP contribution < -0.4 is 16.4 Å². The van der Waals surface area contributed by atoms with Gasteiger partial charge in [0.25, 0.3) is 11.7 Å². The lowest BCUT2D eigenvalue weighted by Gasteiger charge is -2.40. The molecule has 0 aliphatic rings. The molecule has 0 saturated carbocycles. The number of thiazole rings is 1. The predicted molar refractivity (Wildman–Crippen MR) is 126 cm³/mol. The van der Waals surface area contributed by atoms with E-state index in [0.717, 1.165) is 11.3 Å². The summed E-state index contributed by atoms with van der Waals surface area (Å²) < 4.78 is 0. The van der Waals surface area contributed by atoms with E-state index in [1.807, 2.05) is 5.32 Å². The maximum Gasteiger partial charge on any atom is 0.288 e. The van der Waals surface area contributed by atoms with E-state index in [4.69, 9.17) is 5.73 Å². The molecule has 0 radical (unpaired) electrons. The first-order valence-corrected chi connectivity index (χ1v) is 11.1. The molecule has 3 rings (SSSR count). The molecule has 2 aromatic carbocycles. The minimum absolute atomic E-state index is 0.166. The molecule has 0 aliphatic heterocycles. The van der Waals surface area contributed by atoms with Crippen molar-refractivity contribution in [2.45, 2.75) is 30.5 Å². The zero-order chi connectivity index (χ0) is 27.8. The highest BCUT2D eigenvalue weighted by Gasteiger charge is 2.56. The molecule has 37 heavy (non-hydrogen) atoms. The van der Waals surface area contributed by atoms with Crippen molar-refractivity contribution in [2.75, 3.05) is 11.1 Å². The van der Waals surface area contributed by atoms with Crippen molar-refractivity contribution in [1.29, 1.82) is 0 Å². The number of aromatic hydroxyl groups is 4. The predicted octanol–water partition coefficient (Wildman–Crippen LogP) is -2.02. The SMILES string of the molecule is Nc1nc(CC(=O)Nc2c(O)c(O)c(C(O)(O)C(O)(O)NC(O)(O)Cc3ccccc3)c(O)c2O)cs1. The van der Waals surface area contributed by atoms with Gasteiger partial charge in [0, 0.05) is 11.8 Å². The third-order valence-electron chi connectivity index (χ3n) is 5.07. The summed E-state index contributed by atoms with van der Waals surface area (Å²) in [6.45, 7) is 0. The maximum absolute atomic E-state index is 12.2. The molecule has 16 heteroatoms. The first-order valence-electron chi connectivity index (χ1n) is 10.2. The minimum Gasteiger partial charge on any atom is -0.504 e. The molecule has 200 valence electrons. The van der Waals surface area contributed by atoms with Gasteiger partial charge in [-0.15, -0.1) is 11.3 Å². The Morgan fingerprint density at radius 3 is 2.00 bits per heavy atom. The van der Waals surface area contributed by atoms with Gasteiger partial charge in [0.1, 0.15) is 11.3 Å². The first-order chi connectivity index (χ1) is 17.1. The van der Waals surface area contributed by atoms with Crippen LogP contribution in [0.2, 0.25) is 0 Å². The van der Waals surface area contributed by atoms with Gasteiger partial charge in [0.15, 0.2) is 28.1 Å². The number of rotatable bonds is 9. The van der Waals surface area contributed by atoms with Gasteiger partial charge in [-0.3, -0.25) is 4.79 Å². The highest BCUT2D eigenvalue weighted by Crippen LogP contribution is 2.54. The molecule has 1 heterocycles. The quantitative estimate of drug-likeness (QED) is 0.0792. The minimum atomic E-state index is -4.22.